The Labute approximate surface area is 131 Å². The maximum Gasteiger partial charge on any atom is 0.255 e. The van der Waals surface area contributed by atoms with E-state index in [-0.39, 0.29) is 5.91 Å². The summed E-state index contributed by atoms with van der Waals surface area (Å²) in [6.45, 7) is 3.90. The van der Waals surface area contributed by atoms with Crippen molar-refractivity contribution in [2.24, 2.45) is 0 Å². The minimum atomic E-state index is -0.236. The van der Waals surface area contributed by atoms with Crippen LogP contribution in [0.2, 0.25) is 5.02 Å². The fourth-order valence-corrected chi connectivity index (χ4v) is 2.25. The highest BCUT2D eigenvalue weighted by atomic mass is 79.9. The molecule has 0 aliphatic carbocycles. The Morgan fingerprint density at radius 3 is 2.60 bits per heavy atom. The maximum atomic E-state index is 12.3. The molecule has 1 amide bonds. The summed E-state index contributed by atoms with van der Waals surface area (Å²) in [5.41, 5.74) is 9.63. The Balaban J connectivity index is 2.32. The average molecular weight is 354 g/mol. The predicted molar refractivity (Wildman–Crippen MR) is 87.4 cm³/mol. The van der Waals surface area contributed by atoms with E-state index in [1.807, 2.05) is 19.9 Å². The number of aryl methyl sites for hydroxylation is 1. The quantitative estimate of drug-likeness (QED) is 0.778. The molecule has 0 fully saturated rings. The Morgan fingerprint density at radius 2 is 1.95 bits per heavy atom. The van der Waals surface area contributed by atoms with Crippen LogP contribution < -0.4 is 11.1 Å². The first kappa shape index (κ1) is 14.9. The van der Waals surface area contributed by atoms with Crippen LogP contribution in [-0.2, 0) is 0 Å². The summed E-state index contributed by atoms with van der Waals surface area (Å²) in [5.74, 6) is -0.236. The number of nitrogen functional groups attached to an aromatic ring is 1. The first-order chi connectivity index (χ1) is 9.40. The summed E-state index contributed by atoms with van der Waals surface area (Å²) in [6, 6.07) is 8.77. The molecule has 2 aromatic carbocycles. The van der Waals surface area contributed by atoms with Gasteiger partial charge in [0, 0.05) is 10.0 Å². The van der Waals surface area contributed by atoms with Crippen LogP contribution in [0, 0.1) is 13.8 Å². The van der Waals surface area contributed by atoms with Gasteiger partial charge in [0.25, 0.3) is 5.91 Å². The fourth-order valence-electron chi connectivity index (χ4n) is 1.83. The normalized spacial score (nSPS) is 10.4. The van der Waals surface area contributed by atoms with Gasteiger partial charge in [-0.2, -0.15) is 0 Å². The molecular formula is C15H14BrClN2O. The lowest BCUT2D eigenvalue weighted by molar-refractivity contribution is 0.102. The smallest absolute Gasteiger partial charge is 0.255 e. The van der Waals surface area contributed by atoms with Gasteiger partial charge in [0.1, 0.15) is 0 Å². The number of rotatable bonds is 2. The van der Waals surface area contributed by atoms with Crippen LogP contribution in [0.1, 0.15) is 21.5 Å². The van der Waals surface area contributed by atoms with Crippen molar-refractivity contribution in [2.45, 2.75) is 13.8 Å². The second kappa shape index (κ2) is 5.85. The van der Waals surface area contributed by atoms with Gasteiger partial charge in [0.15, 0.2) is 0 Å². The molecular weight excluding hydrogens is 340 g/mol. The standard InChI is InChI=1S/C15H14BrClN2O/c1-8-3-6-13(18)14(9(8)2)19-15(20)10-4-5-11(16)12(17)7-10/h3-7H,18H2,1-2H3,(H,19,20). The van der Waals surface area contributed by atoms with E-state index >= 15 is 0 Å². The molecule has 0 aromatic heterocycles. The zero-order valence-electron chi connectivity index (χ0n) is 11.1. The van der Waals surface area contributed by atoms with Gasteiger partial charge < -0.3 is 11.1 Å². The van der Waals surface area contributed by atoms with Crippen molar-refractivity contribution in [3.63, 3.8) is 0 Å². The average Bonchev–Trinajstić information content (AvgIpc) is 2.42. The number of hydrogen-bond donors (Lipinski definition) is 2. The summed E-state index contributed by atoms with van der Waals surface area (Å²) in [7, 11) is 0. The van der Waals surface area contributed by atoms with Crippen LogP contribution in [0.25, 0.3) is 0 Å². The number of anilines is 2. The zero-order valence-corrected chi connectivity index (χ0v) is 13.5. The Kier molecular flexibility index (Phi) is 4.35. The number of carbonyl (C=O) groups excluding carboxylic acids is 1. The molecule has 0 saturated heterocycles. The molecule has 20 heavy (non-hydrogen) atoms. The first-order valence-corrected chi connectivity index (χ1v) is 7.19. The largest absolute Gasteiger partial charge is 0.397 e. The SMILES string of the molecule is Cc1ccc(N)c(NC(=O)c2ccc(Br)c(Cl)c2)c1C. The third-order valence-corrected chi connectivity index (χ3v) is 4.42. The minimum absolute atomic E-state index is 0.236. The number of nitrogens with one attached hydrogen (secondary N) is 1. The van der Waals surface area contributed by atoms with Crippen LogP contribution >= 0.6 is 27.5 Å². The van der Waals surface area contributed by atoms with Gasteiger partial charge in [-0.15, -0.1) is 0 Å². The highest BCUT2D eigenvalue weighted by Gasteiger charge is 2.12. The van der Waals surface area contributed by atoms with Crippen molar-refractivity contribution >= 4 is 44.8 Å². The predicted octanol–water partition coefficient (Wildman–Crippen LogP) is 4.55. The Morgan fingerprint density at radius 1 is 1.25 bits per heavy atom. The second-order valence-electron chi connectivity index (χ2n) is 4.55. The maximum absolute atomic E-state index is 12.3. The molecule has 104 valence electrons. The third-order valence-electron chi connectivity index (χ3n) is 3.19. The van der Waals surface area contributed by atoms with Crippen molar-refractivity contribution in [3.8, 4) is 0 Å². The van der Waals surface area contributed by atoms with E-state index in [0.717, 1.165) is 15.6 Å². The highest BCUT2D eigenvalue weighted by Crippen LogP contribution is 2.27. The van der Waals surface area contributed by atoms with Crippen LogP contribution in [0.15, 0.2) is 34.8 Å². The van der Waals surface area contributed by atoms with Crippen LogP contribution in [0.4, 0.5) is 11.4 Å². The molecule has 0 aliphatic heterocycles. The van der Waals surface area contributed by atoms with Crippen LogP contribution in [0.3, 0.4) is 0 Å². The van der Waals surface area contributed by atoms with Gasteiger partial charge in [0.05, 0.1) is 16.4 Å². The van der Waals surface area contributed by atoms with E-state index in [1.54, 1.807) is 24.3 Å². The molecule has 0 saturated carbocycles. The second-order valence-corrected chi connectivity index (χ2v) is 5.82. The summed E-state index contributed by atoms with van der Waals surface area (Å²) < 4.78 is 0.752. The van der Waals surface area contributed by atoms with Crippen molar-refractivity contribution in [3.05, 3.63) is 56.5 Å². The van der Waals surface area contributed by atoms with Crippen molar-refractivity contribution in [1.29, 1.82) is 0 Å². The summed E-state index contributed by atoms with van der Waals surface area (Å²) in [5, 5.41) is 3.34. The molecule has 5 heteroatoms. The van der Waals surface area contributed by atoms with Crippen molar-refractivity contribution in [1.82, 2.24) is 0 Å². The number of benzene rings is 2. The van der Waals surface area contributed by atoms with Gasteiger partial charge in [-0.3, -0.25) is 4.79 Å². The van der Waals surface area contributed by atoms with E-state index in [1.165, 1.54) is 0 Å². The van der Waals surface area contributed by atoms with Crippen LogP contribution in [0.5, 0.6) is 0 Å². The Bertz CT molecular complexity index is 686. The highest BCUT2D eigenvalue weighted by molar-refractivity contribution is 9.10. The molecule has 2 rings (SSSR count). The first-order valence-electron chi connectivity index (χ1n) is 6.02. The van der Waals surface area contributed by atoms with E-state index in [9.17, 15) is 4.79 Å². The molecule has 0 heterocycles. The molecule has 2 aromatic rings. The van der Waals surface area contributed by atoms with E-state index < -0.39 is 0 Å². The van der Waals surface area contributed by atoms with Crippen molar-refractivity contribution in [2.75, 3.05) is 11.1 Å². The molecule has 0 unspecified atom stereocenters. The summed E-state index contributed by atoms with van der Waals surface area (Å²) in [4.78, 5) is 12.3. The zero-order chi connectivity index (χ0) is 14.9. The number of halogens is 2. The fraction of sp³-hybridized carbons (Fsp3) is 0.133. The lowest BCUT2D eigenvalue weighted by atomic mass is 10.1. The number of carbonyl (C=O) groups is 1. The van der Waals surface area contributed by atoms with E-state index in [0.29, 0.717) is 22.0 Å². The molecule has 0 bridgehead atoms. The van der Waals surface area contributed by atoms with Gasteiger partial charge in [-0.25, -0.2) is 0 Å². The summed E-state index contributed by atoms with van der Waals surface area (Å²) in [6.07, 6.45) is 0. The molecule has 3 nitrogen and oxygen atoms in total. The van der Waals surface area contributed by atoms with Gasteiger partial charge in [-0.1, -0.05) is 17.7 Å². The lowest BCUT2D eigenvalue weighted by Gasteiger charge is -2.13. The summed E-state index contributed by atoms with van der Waals surface area (Å²) >= 11 is 9.29. The van der Waals surface area contributed by atoms with Gasteiger partial charge in [0.2, 0.25) is 0 Å². The number of nitrogens with two attached hydrogens (primary N) is 1. The van der Waals surface area contributed by atoms with Crippen LogP contribution in [-0.4, -0.2) is 5.91 Å². The number of hydrogen-bond acceptors (Lipinski definition) is 2. The topological polar surface area (TPSA) is 55.1 Å². The molecule has 0 aliphatic rings. The third kappa shape index (κ3) is 2.97. The van der Waals surface area contributed by atoms with E-state index in [2.05, 4.69) is 21.2 Å². The Hall–Kier alpha value is -1.52. The van der Waals surface area contributed by atoms with Gasteiger partial charge >= 0.3 is 0 Å². The molecule has 0 atom stereocenters. The molecule has 0 radical (unpaired) electrons. The number of amides is 1. The van der Waals surface area contributed by atoms with E-state index in [4.69, 9.17) is 17.3 Å². The van der Waals surface area contributed by atoms with Crippen molar-refractivity contribution < 1.29 is 4.79 Å². The molecule has 0 spiro atoms. The molecule has 3 N–H and O–H groups in total. The minimum Gasteiger partial charge on any atom is -0.397 e. The lowest BCUT2D eigenvalue weighted by Crippen LogP contribution is -2.14. The monoisotopic (exact) mass is 352 g/mol. The van der Waals surface area contributed by atoms with Gasteiger partial charge in [-0.05, 0) is 65.2 Å².